The summed E-state index contributed by atoms with van der Waals surface area (Å²) in [6, 6.07) is 2.02. The molecule has 0 N–H and O–H groups in total. The fourth-order valence-electron chi connectivity index (χ4n) is 1.98. The summed E-state index contributed by atoms with van der Waals surface area (Å²) in [5.41, 5.74) is 0. The van der Waals surface area contributed by atoms with Crippen LogP contribution in [-0.2, 0) is 14.8 Å². The molecule has 1 rings (SSSR count). The molecule has 0 aromatic heterocycles. The summed E-state index contributed by atoms with van der Waals surface area (Å²) in [5.74, 6) is 0.133. The first-order valence-corrected chi connectivity index (χ1v) is 7.57. The van der Waals surface area contributed by atoms with Crippen molar-refractivity contribution in [2.75, 3.05) is 18.8 Å². The van der Waals surface area contributed by atoms with Crippen molar-refractivity contribution in [1.29, 1.82) is 5.26 Å². The quantitative estimate of drug-likeness (QED) is 0.694. The first-order valence-electron chi connectivity index (χ1n) is 5.96. The maximum atomic E-state index is 12.0. The predicted octanol–water partition coefficient (Wildman–Crippen LogP) is 1.12. The van der Waals surface area contributed by atoms with E-state index in [-0.39, 0.29) is 18.0 Å². The zero-order valence-electron chi connectivity index (χ0n) is 10.4. The van der Waals surface area contributed by atoms with Crippen molar-refractivity contribution < 1.29 is 13.2 Å². The summed E-state index contributed by atoms with van der Waals surface area (Å²) < 4.78 is 31.1. The van der Waals surface area contributed by atoms with E-state index in [1.165, 1.54) is 4.31 Å². The second kappa shape index (κ2) is 6.34. The fourth-order valence-corrected chi connectivity index (χ4v) is 3.68. The summed E-state index contributed by atoms with van der Waals surface area (Å²) in [6.45, 7) is 4.64. The topological polar surface area (TPSA) is 70.4 Å². The molecule has 0 unspecified atom stereocenters. The molecule has 1 aliphatic rings. The highest BCUT2D eigenvalue weighted by molar-refractivity contribution is 7.89. The van der Waals surface area contributed by atoms with Gasteiger partial charge in [0, 0.05) is 19.5 Å². The molecule has 0 radical (unpaired) electrons. The van der Waals surface area contributed by atoms with E-state index in [4.69, 9.17) is 10.00 Å². The van der Waals surface area contributed by atoms with Crippen molar-refractivity contribution in [2.24, 2.45) is 0 Å². The van der Waals surface area contributed by atoms with Gasteiger partial charge in [-0.05, 0) is 26.7 Å². The van der Waals surface area contributed by atoms with Gasteiger partial charge in [-0.25, -0.2) is 8.42 Å². The smallest absolute Gasteiger partial charge is 0.214 e. The zero-order chi connectivity index (χ0) is 12.9. The lowest BCUT2D eigenvalue weighted by molar-refractivity contribution is -0.0440. The standard InChI is InChI=1S/C11H20N2O3S/c1-10-8-13(9-11(2)16-10)17(14,15)7-5-3-4-6-12/h10-11H,3-5,7-9H2,1-2H3/t10-,11-/m1/s1. The molecule has 6 heteroatoms. The lowest BCUT2D eigenvalue weighted by Gasteiger charge is -2.34. The number of hydrogen-bond donors (Lipinski definition) is 0. The predicted molar refractivity (Wildman–Crippen MR) is 64.8 cm³/mol. The Hall–Kier alpha value is -0.640. The third-order valence-corrected chi connectivity index (χ3v) is 4.61. The monoisotopic (exact) mass is 260 g/mol. The van der Waals surface area contributed by atoms with Gasteiger partial charge >= 0.3 is 0 Å². The molecule has 2 atom stereocenters. The number of sulfonamides is 1. The van der Waals surface area contributed by atoms with E-state index in [2.05, 4.69) is 0 Å². The molecule has 1 aliphatic heterocycles. The number of unbranched alkanes of at least 4 members (excludes halogenated alkanes) is 2. The molecular weight excluding hydrogens is 240 g/mol. The van der Waals surface area contributed by atoms with Crippen LogP contribution in [0.1, 0.15) is 33.1 Å². The Bertz CT molecular complexity index is 365. The minimum atomic E-state index is -3.19. The van der Waals surface area contributed by atoms with Gasteiger partial charge in [-0.1, -0.05) is 0 Å². The maximum absolute atomic E-state index is 12.0. The summed E-state index contributed by atoms with van der Waals surface area (Å²) >= 11 is 0. The van der Waals surface area contributed by atoms with Crippen LogP contribution in [0.25, 0.3) is 0 Å². The molecule has 98 valence electrons. The molecule has 17 heavy (non-hydrogen) atoms. The lowest BCUT2D eigenvalue weighted by atomic mass is 10.3. The zero-order valence-corrected chi connectivity index (χ0v) is 11.2. The Kier molecular flexibility index (Phi) is 5.37. The van der Waals surface area contributed by atoms with E-state index in [1.54, 1.807) is 0 Å². The highest BCUT2D eigenvalue weighted by Crippen LogP contribution is 2.15. The third-order valence-electron chi connectivity index (χ3n) is 2.72. The van der Waals surface area contributed by atoms with Crippen molar-refractivity contribution >= 4 is 10.0 Å². The van der Waals surface area contributed by atoms with E-state index in [0.717, 1.165) is 0 Å². The summed E-state index contributed by atoms with van der Waals surface area (Å²) in [5, 5.41) is 8.39. The second-order valence-electron chi connectivity index (χ2n) is 4.51. The van der Waals surface area contributed by atoms with Crippen molar-refractivity contribution in [1.82, 2.24) is 4.31 Å². The van der Waals surface area contributed by atoms with Crippen LogP contribution in [0.15, 0.2) is 0 Å². The summed E-state index contributed by atoms with van der Waals surface area (Å²) in [7, 11) is -3.19. The highest BCUT2D eigenvalue weighted by atomic mass is 32.2. The van der Waals surface area contributed by atoms with Crippen LogP contribution in [0.3, 0.4) is 0 Å². The summed E-state index contributed by atoms with van der Waals surface area (Å²) in [4.78, 5) is 0. The Morgan fingerprint density at radius 1 is 1.29 bits per heavy atom. The molecule has 1 saturated heterocycles. The first-order chi connectivity index (χ1) is 7.95. The van der Waals surface area contributed by atoms with Crippen molar-refractivity contribution in [3.8, 4) is 6.07 Å². The van der Waals surface area contributed by atoms with E-state index < -0.39 is 10.0 Å². The maximum Gasteiger partial charge on any atom is 0.214 e. The van der Waals surface area contributed by atoms with Gasteiger partial charge in [-0.3, -0.25) is 0 Å². The number of nitriles is 1. The van der Waals surface area contributed by atoms with Crippen LogP contribution in [0.4, 0.5) is 0 Å². The summed E-state index contributed by atoms with van der Waals surface area (Å²) in [6.07, 6.45) is 1.52. The fraction of sp³-hybridized carbons (Fsp3) is 0.909. The van der Waals surface area contributed by atoms with Gasteiger partial charge in [0.15, 0.2) is 0 Å². The molecule has 0 aromatic carbocycles. The van der Waals surface area contributed by atoms with Crippen LogP contribution < -0.4 is 0 Å². The second-order valence-corrected chi connectivity index (χ2v) is 6.59. The van der Waals surface area contributed by atoms with Crippen molar-refractivity contribution in [3.05, 3.63) is 0 Å². The average Bonchev–Trinajstić information content (AvgIpc) is 2.23. The number of nitrogens with zero attached hydrogens (tertiary/aromatic N) is 2. The Labute approximate surface area is 103 Å². The van der Waals surface area contributed by atoms with Gasteiger partial charge in [0.25, 0.3) is 0 Å². The minimum Gasteiger partial charge on any atom is -0.373 e. The average molecular weight is 260 g/mol. The molecule has 1 fully saturated rings. The highest BCUT2D eigenvalue weighted by Gasteiger charge is 2.30. The number of rotatable bonds is 5. The van der Waals surface area contributed by atoms with E-state index in [1.807, 2.05) is 19.9 Å². The van der Waals surface area contributed by atoms with Crippen LogP contribution in [0, 0.1) is 11.3 Å². The van der Waals surface area contributed by atoms with Crippen LogP contribution in [0.5, 0.6) is 0 Å². The minimum absolute atomic E-state index is 0.0485. The van der Waals surface area contributed by atoms with Gasteiger partial charge in [0.2, 0.25) is 10.0 Å². The van der Waals surface area contributed by atoms with E-state index >= 15 is 0 Å². The Morgan fingerprint density at radius 2 is 1.88 bits per heavy atom. The van der Waals surface area contributed by atoms with Crippen LogP contribution >= 0.6 is 0 Å². The molecule has 0 aliphatic carbocycles. The van der Waals surface area contributed by atoms with Crippen LogP contribution in [-0.4, -0.2) is 43.8 Å². The van der Waals surface area contributed by atoms with E-state index in [0.29, 0.717) is 32.4 Å². The van der Waals surface area contributed by atoms with Gasteiger partial charge in [0.05, 0.1) is 24.0 Å². The molecule has 1 heterocycles. The molecule has 0 saturated carbocycles. The third kappa shape index (κ3) is 4.62. The normalized spacial score (nSPS) is 26.6. The number of hydrogen-bond acceptors (Lipinski definition) is 4. The molecule has 0 aromatic rings. The molecule has 0 amide bonds. The molecular formula is C11H20N2O3S. The number of ether oxygens (including phenoxy) is 1. The Balaban J connectivity index is 2.49. The largest absolute Gasteiger partial charge is 0.373 e. The molecule has 0 spiro atoms. The van der Waals surface area contributed by atoms with Gasteiger partial charge in [-0.15, -0.1) is 0 Å². The van der Waals surface area contributed by atoms with Crippen molar-refractivity contribution in [3.63, 3.8) is 0 Å². The number of morpholine rings is 1. The first kappa shape index (κ1) is 14.4. The van der Waals surface area contributed by atoms with Crippen molar-refractivity contribution in [2.45, 2.75) is 45.3 Å². The van der Waals surface area contributed by atoms with Gasteiger partial charge in [0.1, 0.15) is 0 Å². The SMILES string of the molecule is C[C@@H]1CN(S(=O)(=O)CCCCC#N)C[C@@H](C)O1. The molecule has 5 nitrogen and oxygen atoms in total. The Morgan fingerprint density at radius 3 is 2.41 bits per heavy atom. The van der Waals surface area contributed by atoms with E-state index in [9.17, 15) is 8.42 Å². The van der Waals surface area contributed by atoms with Crippen LogP contribution in [0.2, 0.25) is 0 Å². The lowest BCUT2D eigenvalue weighted by Crippen LogP contribution is -2.48. The molecule has 0 bridgehead atoms. The van der Waals surface area contributed by atoms with Gasteiger partial charge in [-0.2, -0.15) is 9.57 Å². The van der Waals surface area contributed by atoms with Gasteiger partial charge < -0.3 is 4.74 Å².